The van der Waals surface area contributed by atoms with Gasteiger partial charge in [-0.15, -0.1) is 0 Å². The fourth-order valence-electron chi connectivity index (χ4n) is 1.85. The van der Waals surface area contributed by atoms with Gasteiger partial charge in [0.25, 0.3) is 0 Å². The Hall–Kier alpha value is -1.82. The largest absolute Gasteiger partial charge is 0.481 e. The van der Waals surface area contributed by atoms with Gasteiger partial charge in [0.05, 0.1) is 6.54 Å². The van der Waals surface area contributed by atoms with E-state index >= 15 is 0 Å². The number of aryl methyl sites for hydroxylation is 1. The molecule has 2 rings (SSSR count). The maximum Gasteiger partial charge on any atom is 0.315 e. The van der Waals surface area contributed by atoms with Crippen molar-refractivity contribution < 1.29 is 19.1 Å². The Morgan fingerprint density at radius 1 is 1.45 bits per heavy atom. The zero-order chi connectivity index (χ0) is 14.9. The van der Waals surface area contributed by atoms with Gasteiger partial charge in [-0.1, -0.05) is 15.9 Å². The number of carboxylic acids is 1. The van der Waals surface area contributed by atoms with Crippen LogP contribution in [0.5, 0.6) is 0 Å². The topological polar surface area (TPSA) is 79.5 Å². The van der Waals surface area contributed by atoms with Gasteiger partial charge in [0.15, 0.2) is 0 Å². The van der Waals surface area contributed by atoms with Crippen molar-refractivity contribution in [2.75, 3.05) is 0 Å². The molecule has 1 aromatic carbocycles. The number of aliphatic carboxylic acids is 1. The fourth-order valence-corrected chi connectivity index (χ4v) is 2.21. The van der Waals surface area contributed by atoms with Crippen LogP contribution in [0.3, 0.4) is 0 Å². The minimum absolute atomic E-state index is 0.175. The number of carboxylic acid groups (broad SMARTS) is 1. The molecule has 0 saturated heterocycles. The summed E-state index contributed by atoms with van der Waals surface area (Å²) in [5.74, 6) is -2.12. The molecule has 0 fully saturated rings. The molecule has 1 aromatic heterocycles. The lowest BCUT2D eigenvalue weighted by molar-refractivity contribution is -0.146. The summed E-state index contributed by atoms with van der Waals surface area (Å²) in [6, 6.07) is 5.66. The van der Waals surface area contributed by atoms with Crippen molar-refractivity contribution in [1.29, 1.82) is 0 Å². The zero-order valence-electron chi connectivity index (χ0n) is 11.1. The van der Waals surface area contributed by atoms with Gasteiger partial charge in [-0.25, -0.2) is 0 Å². The van der Waals surface area contributed by atoms with Crippen LogP contribution in [0.15, 0.2) is 27.1 Å². The van der Waals surface area contributed by atoms with Gasteiger partial charge in [-0.3, -0.25) is 9.59 Å². The van der Waals surface area contributed by atoms with Crippen molar-refractivity contribution in [3.63, 3.8) is 0 Å². The Morgan fingerprint density at radius 3 is 2.80 bits per heavy atom. The first-order valence-corrected chi connectivity index (χ1v) is 6.87. The minimum Gasteiger partial charge on any atom is -0.481 e. The van der Waals surface area contributed by atoms with Crippen LogP contribution < -0.4 is 5.32 Å². The van der Waals surface area contributed by atoms with Gasteiger partial charge < -0.3 is 14.8 Å². The predicted octanol–water partition coefficient (Wildman–Crippen LogP) is 2.84. The molecule has 0 bridgehead atoms. The number of carbonyl (C=O) groups is 2. The van der Waals surface area contributed by atoms with E-state index < -0.39 is 17.8 Å². The van der Waals surface area contributed by atoms with E-state index in [9.17, 15) is 9.59 Å². The number of rotatable bonds is 4. The molecule has 0 aliphatic rings. The van der Waals surface area contributed by atoms with Gasteiger partial charge >= 0.3 is 5.97 Å². The third-order valence-corrected chi connectivity index (χ3v) is 3.68. The maximum absolute atomic E-state index is 11.6. The van der Waals surface area contributed by atoms with Crippen molar-refractivity contribution in [1.82, 2.24) is 5.32 Å². The number of halogens is 1. The number of hydrogen-bond donors (Lipinski definition) is 2. The lowest BCUT2D eigenvalue weighted by atomic mass is 10.1. The molecule has 6 heteroatoms. The van der Waals surface area contributed by atoms with Crippen LogP contribution >= 0.6 is 15.9 Å². The van der Waals surface area contributed by atoms with E-state index in [-0.39, 0.29) is 6.54 Å². The maximum atomic E-state index is 11.6. The fraction of sp³-hybridized carbons (Fsp3) is 0.286. The van der Waals surface area contributed by atoms with Gasteiger partial charge in [0.1, 0.15) is 17.3 Å². The number of amides is 1. The summed E-state index contributed by atoms with van der Waals surface area (Å²) in [5.41, 5.74) is 1.67. The number of furan rings is 1. The summed E-state index contributed by atoms with van der Waals surface area (Å²) in [6.45, 7) is 3.43. The second-order valence-electron chi connectivity index (χ2n) is 4.57. The number of nitrogens with one attached hydrogen (secondary N) is 1. The highest BCUT2D eigenvalue weighted by Crippen LogP contribution is 2.27. The van der Waals surface area contributed by atoms with Crippen molar-refractivity contribution in [2.24, 2.45) is 5.92 Å². The highest BCUT2D eigenvalue weighted by molar-refractivity contribution is 9.10. The van der Waals surface area contributed by atoms with Gasteiger partial charge in [-0.05, 0) is 32.0 Å². The zero-order valence-corrected chi connectivity index (χ0v) is 12.7. The number of benzene rings is 1. The molecule has 5 nitrogen and oxygen atoms in total. The molecule has 1 unspecified atom stereocenters. The molecule has 0 saturated carbocycles. The van der Waals surface area contributed by atoms with E-state index in [1.165, 1.54) is 6.92 Å². The predicted molar refractivity (Wildman–Crippen MR) is 77.3 cm³/mol. The molecule has 0 aliphatic heterocycles. The van der Waals surface area contributed by atoms with E-state index in [1.54, 1.807) is 0 Å². The molecule has 1 heterocycles. The summed E-state index contributed by atoms with van der Waals surface area (Å²) < 4.78 is 6.61. The Kier molecular flexibility index (Phi) is 4.13. The van der Waals surface area contributed by atoms with Crippen LogP contribution in [0.25, 0.3) is 11.0 Å². The molecule has 1 amide bonds. The minimum atomic E-state index is -1.15. The third kappa shape index (κ3) is 2.85. The first-order valence-electron chi connectivity index (χ1n) is 6.08. The molecule has 106 valence electrons. The highest BCUT2D eigenvalue weighted by Gasteiger charge is 2.21. The Labute approximate surface area is 124 Å². The lowest BCUT2D eigenvalue weighted by Gasteiger charge is -2.07. The van der Waals surface area contributed by atoms with Crippen molar-refractivity contribution in [2.45, 2.75) is 20.4 Å². The Morgan fingerprint density at radius 2 is 2.15 bits per heavy atom. The van der Waals surface area contributed by atoms with Crippen LogP contribution in [-0.4, -0.2) is 17.0 Å². The molecular weight excluding hydrogens is 326 g/mol. The van der Waals surface area contributed by atoms with Crippen LogP contribution in [-0.2, 0) is 16.1 Å². The number of carbonyl (C=O) groups excluding carboxylic acids is 1. The van der Waals surface area contributed by atoms with Gasteiger partial charge in [0.2, 0.25) is 5.91 Å². The van der Waals surface area contributed by atoms with Crippen LogP contribution in [0.1, 0.15) is 18.2 Å². The molecule has 1 atom stereocenters. The average molecular weight is 340 g/mol. The smallest absolute Gasteiger partial charge is 0.315 e. The Bertz CT molecular complexity index is 677. The van der Waals surface area contributed by atoms with Crippen molar-refractivity contribution in [3.05, 3.63) is 34.0 Å². The van der Waals surface area contributed by atoms with E-state index in [4.69, 9.17) is 9.52 Å². The van der Waals surface area contributed by atoms with Crippen molar-refractivity contribution >= 4 is 38.8 Å². The summed E-state index contributed by atoms with van der Waals surface area (Å²) >= 11 is 3.40. The molecule has 0 spiro atoms. The first kappa shape index (κ1) is 14.6. The average Bonchev–Trinajstić information content (AvgIpc) is 2.72. The first-order chi connectivity index (χ1) is 9.40. The van der Waals surface area contributed by atoms with E-state index in [1.807, 2.05) is 25.1 Å². The lowest BCUT2D eigenvalue weighted by Crippen LogP contribution is -2.33. The Balaban J connectivity index is 2.16. The third-order valence-electron chi connectivity index (χ3n) is 3.18. The molecule has 20 heavy (non-hydrogen) atoms. The van der Waals surface area contributed by atoms with Crippen LogP contribution in [0.2, 0.25) is 0 Å². The normalized spacial score (nSPS) is 12.3. The summed E-state index contributed by atoms with van der Waals surface area (Å²) in [4.78, 5) is 22.3. The summed E-state index contributed by atoms with van der Waals surface area (Å²) in [7, 11) is 0. The summed E-state index contributed by atoms with van der Waals surface area (Å²) in [5, 5.41) is 12.3. The van der Waals surface area contributed by atoms with E-state index in [0.29, 0.717) is 5.76 Å². The van der Waals surface area contributed by atoms with Gasteiger partial charge in [-0.2, -0.15) is 0 Å². The highest BCUT2D eigenvalue weighted by atomic mass is 79.9. The standard InChI is InChI=1S/C14H14BrNO4/c1-7-10-5-9(15)3-4-11(10)20-12(7)6-16-13(17)8(2)14(18)19/h3-5,8H,6H2,1-2H3,(H,16,17)(H,18,19). The van der Waals surface area contributed by atoms with E-state index in [2.05, 4.69) is 21.2 Å². The molecular formula is C14H14BrNO4. The molecule has 0 radical (unpaired) electrons. The van der Waals surface area contributed by atoms with E-state index in [0.717, 1.165) is 21.0 Å². The quantitative estimate of drug-likeness (QED) is 0.839. The number of hydrogen-bond acceptors (Lipinski definition) is 3. The van der Waals surface area contributed by atoms with Crippen molar-refractivity contribution in [3.8, 4) is 0 Å². The molecule has 2 N–H and O–H groups in total. The SMILES string of the molecule is Cc1c(CNC(=O)C(C)C(=O)O)oc2ccc(Br)cc12. The molecule has 0 aliphatic carbocycles. The van der Waals surface area contributed by atoms with Crippen LogP contribution in [0.4, 0.5) is 0 Å². The second kappa shape index (κ2) is 5.66. The number of fused-ring (bicyclic) bond motifs is 1. The monoisotopic (exact) mass is 339 g/mol. The summed E-state index contributed by atoms with van der Waals surface area (Å²) in [6.07, 6.45) is 0. The van der Waals surface area contributed by atoms with Crippen LogP contribution in [0, 0.1) is 12.8 Å². The molecule has 2 aromatic rings. The van der Waals surface area contributed by atoms with Gasteiger partial charge in [0, 0.05) is 15.4 Å². The second-order valence-corrected chi connectivity index (χ2v) is 5.48.